The second-order valence-corrected chi connectivity index (χ2v) is 12.0. The van der Waals surface area contributed by atoms with Crippen LogP contribution < -0.4 is 16.0 Å². The zero-order valence-electron chi connectivity index (χ0n) is 24.2. The first-order valence-electron chi connectivity index (χ1n) is 15.0. The third kappa shape index (κ3) is 7.44. The molecule has 0 bridgehead atoms. The Morgan fingerprint density at radius 1 is 1.10 bits per heavy atom. The maximum atomic E-state index is 14.2. The molecule has 3 N–H and O–H groups in total. The van der Waals surface area contributed by atoms with Crippen molar-refractivity contribution in [2.45, 2.75) is 57.5 Å². The molecule has 1 spiro atoms. The van der Waals surface area contributed by atoms with Gasteiger partial charge in [-0.1, -0.05) is 48.6 Å². The molecule has 0 aromatic heterocycles. The fourth-order valence-electron chi connectivity index (χ4n) is 6.33. The number of nitrogens with one attached hydrogen (secondary N) is 3. The zero-order chi connectivity index (χ0) is 29.5. The van der Waals surface area contributed by atoms with Crippen LogP contribution in [0.3, 0.4) is 0 Å². The molecule has 2 aromatic rings. The molecule has 2 saturated heterocycles. The lowest BCUT2D eigenvalue weighted by Gasteiger charge is -2.40. The molecule has 0 saturated carbocycles. The van der Waals surface area contributed by atoms with E-state index in [1.807, 2.05) is 37.3 Å². The number of hydrogen-bond donors (Lipinski definition) is 3. The number of benzene rings is 2. The highest BCUT2D eigenvalue weighted by Gasteiger charge is 2.41. The molecule has 42 heavy (non-hydrogen) atoms. The summed E-state index contributed by atoms with van der Waals surface area (Å²) in [6, 6.07) is 13.6. The Bertz CT molecular complexity index is 1290. The van der Waals surface area contributed by atoms with Crippen LogP contribution in [-0.2, 0) is 25.5 Å². The van der Waals surface area contributed by atoms with Gasteiger partial charge in [-0.05, 0) is 68.2 Å². The van der Waals surface area contributed by atoms with Crippen molar-refractivity contribution in [2.75, 3.05) is 38.2 Å². The molecular weight excluding hydrogens is 535 g/mol. The number of amides is 3. The van der Waals surface area contributed by atoms with Crippen molar-refractivity contribution in [2.24, 2.45) is 11.3 Å². The summed E-state index contributed by atoms with van der Waals surface area (Å²) in [4.78, 5) is 42.3. The molecule has 0 radical (unpaired) electrons. The Kier molecular flexibility index (Phi) is 9.69. The monoisotopic (exact) mass is 576 g/mol. The molecule has 3 aliphatic heterocycles. The van der Waals surface area contributed by atoms with Crippen LogP contribution in [0.15, 0.2) is 60.7 Å². The second kappa shape index (κ2) is 13.6. The molecule has 3 aliphatic rings. The van der Waals surface area contributed by atoms with E-state index in [2.05, 4.69) is 33.0 Å². The molecule has 2 fully saturated rings. The number of ether oxygens (including phenoxy) is 1. The van der Waals surface area contributed by atoms with Crippen molar-refractivity contribution in [3.8, 4) is 0 Å². The van der Waals surface area contributed by atoms with E-state index in [4.69, 9.17) is 4.74 Å². The van der Waals surface area contributed by atoms with Crippen LogP contribution in [0, 0.1) is 24.1 Å². The Morgan fingerprint density at radius 2 is 1.88 bits per heavy atom. The van der Waals surface area contributed by atoms with E-state index in [9.17, 15) is 18.8 Å². The first kappa shape index (κ1) is 29.9. The number of allylic oxidation sites excluding steroid dienone is 2. The van der Waals surface area contributed by atoms with E-state index in [-0.39, 0.29) is 41.9 Å². The molecule has 224 valence electrons. The summed E-state index contributed by atoms with van der Waals surface area (Å²) in [5.41, 5.74) is 1.43. The van der Waals surface area contributed by atoms with Gasteiger partial charge in [-0.15, -0.1) is 0 Å². The standard InChI is InChI=1S/C33H41FN4O4/c1-23-10-11-26(34)28(19-23)35-30(39)22-38-16-12-27-25(21-38)9-5-6-13-33(14-17-42-18-15-33)32(41)37-29(31(40)36-27)20-24-7-3-2-4-8-24/h2-8,10-11,19,25,27,29H,9,12-18,20-22H2,1H3,(H,35,39)(H,36,40)(H,37,41)/t25-,27+,29-/m0/s1. The fraction of sp³-hybridized carbons (Fsp3) is 0.485. The summed E-state index contributed by atoms with van der Waals surface area (Å²) >= 11 is 0. The van der Waals surface area contributed by atoms with Crippen LogP contribution in [0.25, 0.3) is 0 Å². The van der Waals surface area contributed by atoms with Gasteiger partial charge in [0.25, 0.3) is 0 Å². The van der Waals surface area contributed by atoms with Crippen molar-refractivity contribution in [1.29, 1.82) is 0 Å². The Balaban J connectivity index is 1.31. The highest BCUT2D eigenvalue weighted by atomic mass is 19.1. The number of carbonyl (C=O) groups is 3. The molecule has 2 aromatic carbocycles. The summed E-state index contributed by atoms with van der Waals surface area (Å²) in [5, 5.41) is 9.09. The van der Waals surface area contributed by atoms with Gasteiger partial charge < -0.3 is 20.7 Å². The number of hydrogen-bond acceptors (Lipinski definition) is 5. The summed E-state index contributed by atoms with van der Waals surface area (Å²) in [6.07, 6.45) is 7.82. The number of likely N-dealkylation sites (tertiary alicyclic amines) is 1. The summed E-state index contributed by atoms with van der Waals surface area (Å²) in [6.45, 7) is 4.27. The van der Waals surface area contributed by atoms with Gasteiger partial charge in [0.15, 0.2) is 0 Å². The van der Waals surface area contributed by atoms with Crippen molar-refractivity contribution in [1.82, 2.24) is 15.5 Å². The topological polar surface area (TPSA) is 99.8 Å². The maximum absolute atomic E-state index is 14.2. The van der Waals surface area contributed by atoms with Crippen LogP contribution in [0.1, 0.15) is 43.2 Å². The van der Waals surface area contributed by atoms with E-state index in [0.717, 1.165) is 11.1 Å². The minimum absolute atomic E-state index is 0.0839. The van der Waals surface area contributed by atoms with Crippen LogP contribution in [-0.4, -0.2) is 67.6 Å². The molecular formula is C33H41FN4O4. The predicted molar refractivity (Wildman–Crippen MR) is 159 cm³/mol. The van der Waals surface area contributed by atoms with E-state index >= 15 is 0 Å². The third-order valence-corrected chi connectivity index (χ3v) is 8.86. The highest BCUT2D eigenvalue weighted by molar-refractivity contribution is 5.92. The number of halogens is 1. The van der Waals surface area contributed by atoms with E-state index < -0.39 is 17.3 Å². The summed E-state index contributed by atoms with van der Waals surface area (Å²) < 4.78 is 19.8. The van der Waals surface area contributed by atoms with Crippen molar-refractivity contribution < 1.29 is 23.5 Å². The molecule has 8 nitrogen and oxygen atoms in total. The number of rotatable bonds is 5. The van der Waals surface area contributed by atoms with E-state index in [1.54, 1.807) is 12.1 Å². The zero-order valence-corrected chi connectivity index (χ0v) is 24.2. The van der Waals surface area contributed by atoms with Gasteiger partial charge in [0.2, 0.25) is 17.7 Å². The molecule has 3 heterocycles. The first-order valence-corrected chi connectivity index (χ1v) is 15.0. The SMILES string of the molecule is Cc1ccc(F)c(NC(=O)CN2CC[C@H]3NC(=O)[C@H](Cc4ccccc4)NC(=O)C4(CC=CC[C@H]3C2)CCOCC4)c1. The lowest BCUT2D eigenvalue weighted by atomic mass is 9.75. The highest BCUT2D eigenvalue weighted by Crippen LogP contribution is 2.36. The lowest BCUT2D eigenvalue weighted by Crippen LogP contribution is -2.58. The minimum Gasteiger partial charge on any atom is -0.381 e. The smallest absolute Gasteiger partial charge is 0.243 e. The Labute approximate surface area is 247 Å². The number of nitrogens with zero attached hydrogens (tertiary/aromatic N) is 1. The largest absolute Gasteiger partial charge is 0.381 e. The predicted octanol–water partition coefficient (Wildman–Crippen LogP) is 3.75. The first-order chi connectivity index (χ1) is 20.3. The quantitative estimate of drug-likeness (QED) is 0.471. The Morgan fingerprint density at radius 3 is 2.67 bits per heavy atom. The summed E-state index contributed by atoms with van der Waals surface area (Å²) in [7, 11) is 0. The minimum atomic E-state index is -0.697. The fourth-order valence-corrected chi connectivity index (χ4v) is 6.33. The number of fused-ring (bicyclic) bond motifs is 1. The normalized spacial score (nSPS) is 25.0. The molecule has 0 aliphatic carbocycles. The lowest BCUT2D eigenvalue weighted by molar-refractivity contribution is -0.140. The third-order valence-electron chi connectivity index (χ3n) is 8.86. The van der Waals surface area contributed by atoms with Gasteiger partial charge in [-0.25, -0.2) is 4.39 Å². The van der Waals surface area contributed by atoms with Crippen LogP contribution in [0.2, 0.25) is 0 Å². The molecule has 3 amide bonds. The van der Waals surface area contributed by atoms with Crippen LogP contribution >= 0.6 is 0 Å². The number of aryl methyl sites for hydroxylation is 1. The maximum Gasteiger partial charge on any atom is 0.243 e. The Hall–Kier alpha value is -3.56. The van der Waals surface area contributed by atoms with Crippen molar-refractivity contribution in [3.05, 3.63) is 77.6 Å². The number of piperidine rings is 1. The number of carbonyl (C=O) groups excluding carboxylic acids is 3. The molecule has 5 rings (SSSR count). The second-order valence-electron chi connectivity index (χ2n) is 12.0. The average molecular weight is 577 g/mol. The summed E-state index contributed by atoms with van der Waals surface area (Å²) in [5.74, 6) is -0.915. The van der Waals surface area contributed by atoms with Crippen LogP contribution in [0.4, 0.5) is 10.1 Å². The van der Waals surface area contributed by atoms with Gasteiger partial charge >= 0.3 is 0 Å². The van der Waals surface area contributed by atoms with E-state index in [1.165, 1.54) is 6.07 Å². The number of anilines is 1. The van der Waals surface area contributed by atoms with Crippen molar-refractivity contribution in [3.63, 3.8) is 0 Å². The molecule has 3 atom stereocenters. The van der Waals surface area contributed by atoms with Gasteiger partial charge in [0, 0.05) is 38.8 Å². The van der Waals surface area contributed by atoms with Gasteiger partial charge in [-0.2, -0.15) is 0 Å². The molecule has 0 unspecified atom stereocenters. The molecule has 9 heteroatoms. The average Bonchev–Trinajstić information content (AvgIpc) is 2.98. The van der Waals surface area contributed by atoms with Crippen molar-refractivity contribution >= 4 is 23.4 Å². The van der Waals surface area contributed by atoms with Crippen LogP contribution in [0.5, 0.6) is 0 Å². The van der Waals surface area contributed by atoms with E-state index in [0.29, 0.717) is 64.8 Å². The van der Waals surface area contributed by atoms with Gasteiger partial charge in [0.05, 0.1) is 17.6 Å². The van der Waals surface area contributed by atoms with Gasteiger partial charge in [-0.3, -0.25) is 19.3 Å². The van der Waals surface area contributed by atoms with Gasteiger partial charge in [0.1, 0.15) is 11.9 Å².